The van der Waals surface area contributed by atoms with Crippen LogP contribution in [0.1, 0.15) is 34.2 Å². The number of nitrogens with zero attached hydrogens (tertiary/aromatic N) is 2. The molecule has 1 atom stereocenters. The number of hydrogen-bond donors (Lipinski definition) is 1. The molecule has 4 nitrogen and oxygen atoms in total. The summed E-state index contributed by atoms with van der Waals surface area (Å²) in [7, 11) is 0. The highest BCUT2D eigenvalue weighted by molar-refractivity contribution is 5.34. The van der Waals surface area contributed by atoms with Crippen LogP contribution in [0.15, 0.2) is 30.6 Å². The summed E-state index contributed by atoms with van der Waals surface area (Å²) in [5.41, 5.74) is 4.87. The fourth-order valence-corrected chi connectivity index (χ4v) is 2.58. The molecule has 21 heavy (non-hydrogen) atoms. The number of aryl methyl sites for hydroxylation is 2. The maximum atomic E-state index is 5.80. The Balaban J connectivity index is 1.76. The van der Waals surface area contributed by atoms with E-state index in [2.05, 4.69) is 40.4 Å². The number of ether oxygens (including phenoxy) is 1. The van der Waals surface area contributed by atoms with Gasteiger partial charge in [0.05, 0.1) is 12.7 Å². The van der Waals surface area contributed by atoms with Gasteiger partial charge in [0.2, 0.25) is 0 Å². The van der Waals surface area contributed by atoms with Crippen LogP contribution in [-0.2, 0) is 11.2 Å². The van der Waals surface area contributed by atoms with E-state index in [-0.39, 0.29) is 6.10 Å². The molecule has 0 unspecified atom stereocenters. The maximum Gasteiger partial charge on any atom is 0.132 e. The molecular formula is C17H21N3O. The molecule has 1 aliphatic rings. The molecule has 0 spiro atoms. The van der Waals surface area contributed by atoms with Crippen LogP contribution in [0, 0.1) is 13.8 Å². The lowest BCUT2D eigenvalue weighted by atomic mass is 9.99. The van der Waals surface area contributed by atoms with Crippen molar-refractivity contribution in [2.45, 2.75) is 26.4 Å². The number of aromatic nitrogens is 2. The molecule has 0 radical (unpaired) electrons. The highest BCUT2D eigenvalue weighted by atomic mass is 16.5. The van der Waals surface area contributed by atoms with E-state index in [0.29, 0.717) is 0 Å². The minimum absolute atomic E-state index is 0.169. The third-order valence-corrected chi connectivity index (χ3v) is 3.85. The Labute approximate surface area is 125 Å². The molecule has 0 amide bonds. The summed E-state index contributed by atoms with van der Waals surface area (Å²) in [6.07, 6.45) is 4.68. The average Bonchev–Trinajstić information content (AvgIpc) is 2.52. The largest absolute Gasteiger partial charge is 0.371 e. The Kier molecular flexibility index (Phi) is 4.27. The van der Waals surface area contributed by atoms with Crippen LogP contribution in [-0.4, -0.2) is 29.7 Å². The van der Waals surface area contributed by atoms with E-state index >= 15 is 0 Å². The quantitative estimate of drug-likeness (QED) is 0.939. The fourth-order valence-electron chi connectivity index (χ4n) is 2.58. The normalized spacial score (nSPS) is 18.7. The van der Waals surface area contributed by atoms with E-state index in [1.807, 2.05) is 19.3 Å². The molecule has 1 fully saturated rings. The Hall–Kier alpha value is -1.78. The topological polar surface area (TPSA) is 47.0 Å². The van der Waals surface area contributed by atoms with Gasteiger partial charge in [-0.3, -0.25) is 0 Å². The Morgan fingerprint density at radius 2 is 2.05 bits per heavy atom. The van der Waals surface area contributed by atoms with Gasteiger partial charge in [-0.2, -0.15) is 0 Å². The van der Waals surface area contributed by atoms with Crippen LogP contribution in [0.3, 0.4) is 0 Å². The zero-order valence-corrected chi connectivity index (χ0v) is 12.6. The van der Waals surface area contributed by atoms with E-state index in [1.165, 1.54) is 16.7 Å². The van der Waals surface area contributed by atoms with Gasteiger partial charge in [-0.05, 0) is 36.1 Å². The lowest BCUT2D eigenvalue weighted by Crippen LogP contribution is -2.33. The number of hydrogen-bond acceptors (Lipinski definition) is 4. The molecule has 1 aromatic carbocycles. The van der Waals surface area contributed by atoms with Crippen molar-refractivity contribution in [3.8, 4) is 0 Å². The van der Waals surface area contributed by atoms with Gasteiger partial charge in [0.1, 0.15) is 5.82 Å². The summed E-state index contributed by atoms with van der Waals surface area (Å²) in [5, 5.41) is 3.37. The molecule has 2 aromatic rings. The van der Waals surface area contributed by atoms with Gasteiger partial charge < -0.3 is 10.1 Å². The molecule has 1 saturated heterocycles. The standard InChI is InChI=1S/C17H21N3O/c1-12-9-19-17(20-10-12)8-14-3-4-15(7-13(14)2)16-11-18-5-6-21-16/h3-4,7,9-10,16,18H,5-6,8,11H2,1-2H3/t16-/m1/s1. The molecule has 2 heterocycles. The molecule has 1 aromatic heterocycles. The van der Waals surface area contributed by atoms with E-state index in [4.69, 9.17) is 4.74 Å². The highest BCUT2D eigenvalue weighted by Crippen LogP contribution is 2.22. The van der Waals surface area contributed by atoms with E-state index < -0.39 is 0 Å². The second-order valence-corrected chi connectivity index (χ2v) is 5.60. The van der Waals surface area contributed by atoms with Crippen molar-refractivity contribution >= 4 is 0 Å². The van der Waals surface area contributed by atoms with Gasteiger partial charge in [-0.15, -0.1) is 0 Å². The first-order chi connectivity index (χ1) is 10.2. The third kappa shape index (κ3) is 3.46. The molecule has 110 valence electrons. The van der Waals surface area contributed by atoms with Gasteiger partial charge >= 0.3 is 0 Å². The molecular weight excluding hydrogens is 262 g/mol. The monoisotopic (exact) mass is 283 g/mol. The second-order valence-electron chi connectivity index (χ2n) is 5.60. The van der Waals surface area contributed by atoms with Crippen LogP contribution >= 0.6 is 0 Å². The molecule has 0 bridgehead atoms. The zero-order chi connectivity index (χ0) is 14.7. The Bertz CT molecular complexity index is 604. The summed E-state index contributed by atoms with van der Waals surface area (Å²) in [4.78, 5) is 8.76. The zero-order valence-electron chi connectivity index (χ0n) is 12.6. The predicted molar refractivity (Wildman–Crippen MR) is 82.3 cm³/mol. The van der Waals surface area contributed by atoms with Gasteiger partial charge in [0.15, 0.2) is 0 Å². The minimum Gasteiger partial charge on any atom is -0.371 e. The van der Waals surface area contributed by atoms with Crippen molar-refractivity contribution in [1.29, 1.82) is 0 Å². The molecule has 0 saturated carbocycles. The Morgan fingerprint density at radius 3 is 2.71 bits per heavy atom. The van der Waals surface area contributed by atoms with E-state index in [0.717, 1.165) is 37.5 Å². The number of nitrogens with one attached hydrogen (secondary N) is 1. The third-order valence-electron chi connectivity index (χ3n) is 3.85. The first kappa shape index (κ1) is 14.2. The molecule has 1 aliphatic heterocycles. The van der Waals surface area contributed by atoms with Crippen molar-refractivity contribution in [2.75, 3.05) is 19.7 Å². The molecule has 3 rings (SSSR count). The van der Waals surface area contributed by atoms with Crippen molar-refractivity contribution in [3.63, 3.8) is 0 Å². The second kappa shape index (κ2) is 6.33. The predicted octanol–water partition coefficient (Wildman–Crippen LogP) is 2.35. The first-order valence-electron chi connectivity index (χ1n) is 7.41. The van der Waals surface area contributed by atoms with Crippen molar-refractivity contribution in [2.24, 2.45) is 0 Å². The first-order valence-corrected chi connectivity index (χ1v) is 7.41. The number of rotatable bonds is 3. The molecule has 0 aliphatic carbocycles. The van der Waals surface area contributed by atoms with Gasteiger partial charge in [0.25, 0.3) is 0 Å². The van der Waals surface area contributed by atoms with Gasteiger partial charge in [0, 0.05) is 31.9 Å². The van der Waals surface area contributed by atoms with Crippen LogP contribution < -0.4 is 5.32 Å². The van der Waals surface area contributed by atoms with Crippen molar-refractivity contribution in [3.05, 3.63) is 58.7 Å². The van der Waals surface area contributed by atoms with Crippen LogP contribution in [0.4, 0.5) is 0 Å². The van der Waals surface area contributed by atoms with Crippen LogP contribution in [0.25, 0.3) is 0 Å². The number of morpholine rings is 1. The van der Waals surface area contributed by atoms with Crippen molar-refractivity contribution in [1.82, 2.24) is 15.3 Å². The summed E-state index contributed by atoms with van der Waals surface area (Å²) >= 11 is 0. The molecule has 1 N–H and O–H groups in total. The SMILES string of the molecule is Cc1cnc(Cc2ccc([C@H]3CNCCO3)cc2C)nc1. The van der Waals surface area contributed by atoms with Gasteiger partial charge in [-0.1, -0.05) is 18.2 Å². The lowest BCUT2D eigenvalue weighted by molar-refractivity contribution is 0.0276. The Morgan fingerprint density at radius 1 is 1.24 bits per heavy atom. The summed E-state index contributed by atoms with van der Waals surface area (Å²) in [5.74, 6) is 0.868. The van der Waals surface area contributed by atoms with E-state index in [1.54, 1.807) is 0 Å². The summed E-state index contributed by atoms with van der Waals surface area (Å²) in [6, 6.07) is 6.56. The smallest absolute Gasteiger partial charge is 0.132 e. The summed E-state index contributed by atoms with van der Waals surface area (Å²) < 4.78 is 5.80. The lowest BCUT2D eigenvalue weighted by Gasteiger charge is -2.24. The number of benzene rings is 1. The van der Waals surface area contributed by atoms with Gasteiger partial charge in [-0.25, -0.2) is 9.97 Å². The molecule has 4 heteroatoms. The fraction of sp³-hybridized carbons (Fsp3) is 0.412. The van der Waals surface area contributed by atoms with E-state index in [9.17, 15) is 0 Å². The summed E-state index contributed by atoms with van der Waals surface area (Å²) in [6.45, 7) is 6.76. The minimum atomic E-state index is 0.169. The van der Waals surface area contributed by atoms with Crippen LogP contribution in [0.2, 0.25) is 0 Å². The van der Waals surface area contributed by atoms with Crippen LogP contribution in [0.5, 0.6) is 0 Å². The van der Waals surface area contributed by atoms with Crippen molar-refractivity contribution < 1.29 is 4.74 Å². The maximum absolute atomic E-state index is 5.80. The average molecular weight is 283 g/mol. The highest BCUT2D eigenvalue weighted by Gasteiger charge is 2.16.